The van der Waals surface area contributed by atoms with Crippen LogP contribution in [0.4, 0.5) is 9.59 Å². The van der Waals surface area contributed by atoms with Crippen molar-refractivity contribution in [3.8, 4) is 11.3 Å². The van der Waals surface area contributed by atoms with E-state index >= 15 is 0 Å². The molecule has 0 unspecified atom stereocenters. The van der Waals surface area contributed by atoms with E-state index in [2.05, 4.69) is 58.5 Å². The standard InChI is InChI=1S/C13H20BNO4.C13H18BrNO2.C13H14N2.C5H4BrN/c1-9(15-12(16)19-13(2,3)4)10-6-5-7-11(8-10)14(17)18;1-9(10-6-5-7-11(14)8-10)15-12(16)17-13(2,3)4;1-10(14)11-5-4-6-12(9-11)13-7-2-3-8-15-13;6-5-3-1-2-4-7-5/h5-9,17-18H,1-4H3,(H,15,16);5-9H,1-4H3,(H,15,16);2-10H,14H2,1H3;1-4H/t2*9-;10-;/m000./s1. The molecule has 6 N–H and O–H groups in total. The Hall–Kier alpha value is -4.60. The zero-order chi connectivity index (χ0) is 43.5. The maximum atomic E-state index is 11.6. The number of benzene rings is 3. The third-order valence-corrected chi connectivity index (χ3v) is 8.49. The highest BCUT2D eigenvalue weighted by molar-refractivity contribution is 9.10. The van der Waals surface area contributed by atoms with Gasteiger partial charge in [-0.15, -0.1) is 0 Å². The second-order valence-electron chi connectivity index (χ2n) is 15.1. The highest BCUT2D eigenvalue weighted by Crippen LogP contribution is 2.21. The molecule has 5 aromatic rings. The smallest absolute Gasteiger partial charge is 0.444 e. The first kappa shape index (κ1) is 49.6. The number of amides is 2. The van der Waals surface area contributed by atoms with Crippen molar-refractivity contribution in [2.45, 2.75) is 91.6 Å². The molecular formula is C44H56BBr2N5O6. The number of aromatic nitrogens is 2. The molecular weight excluding hydrogens is 865 g/mol. The van der Waals surface area contributed by atoms with Crippen molar-refractivity contribution < 1.29 is 29.1 Å². The number of pyridine rings is 2. The predicted octanol–water partition coefficient (Wildman–Crippen LogP) is 9.60. The van der Waals surface area contributed by atoms with Gasteiger partial charge in [0.25, 0.3) is 0 Å². The number of halogens is 2. The summed E-state index contributed by atoms with van der Waals surface area (Å²) in [6, 6.07) is 34.1. The molecule has 0 saturated heterocycles. The Morgan fingerprint density at radius 3 is 1.59 bits per heavy atom. The number of nitrogens with zero attached hydrogens (tertiary/aromatic N) is 2. The van der Waals surface area contributed by atoms with Crippen molar-refractivity contribution >= 4 is 56.6 Å². The topological polar surface area (TPSA) is 169 Å². The third kappa shape index (κ3) is 20.7. The van der Waals surface area contributed by atoms with Crippen LogP contribution >= 0.6 is 31.9 Å². The Labute approximate surface area is 360 Å². The van der Waals surface area contributed by atoms with Gasteiger partial charge in [-0.25, -0.2) is 14.6 Å². The Morgan fingerprint density at radius 2 is 1.16 bits per heavy atom. The van der Waals surface area contributed by atoms with Crippen molar-refractivity contribution in [3.63, 3.8) is 0 Å². The van der Waals surface area contributed by atoms with Gasteiger partial charge < -0.3 is 35.9 Å². The Kier molecular flexibility index (Phi) is 20.8. The van der Waals surface area contributed by atoms with Crippen molar-refractivity contribution in [1.29, 1.82) is 0 Å². The highest BCUT2D eigenvalue weighted by Gasteiger charge is 2.20. The van der Waals surface area contributed by atoms with Crippen molar-refractivity contribution in [1.82, 2.24) is 20.6 Å². The molecule has 5 rings (SSSR count). The predicted molar refractivity (Wildman–Crippen MR) is 240 cm³/mol. The van der Waals surface area contributed by atoms with Crippen LogP contribution in [0.5, 0.6) is 0 Å². The second kappa shape index (κ2) is 24.4. The number of nitrogens with one attached hydrogen (secondary N) is 2. The molecule has 0 bridgehead atoms. The van der Waals surface area contributed by atoms with Crippen molar-refractivity contribution in [3.05, 3.63) is 147 Å². The van der Waals surface area contributed by atoms with Crippen LogP contribution in [0.15, 0.2) is 131 Å². The molecule has 58 heavy (non-hydrogen) atoms. The van der Waals surface area contributed by atoms with Crippen LogP contribution in [0.2, 0.25) is 0 Å². The average Bonchev–Trinajstić information content (AvgIpc) is 3.15. The van der Waals surface area contributed by atoms with E-state index in [-0.39, 0.29) is 18.1 Å². The Morgan fingerprint density at radius 1 is 0.655 bits per heavy atom. The van der Waals surface area contributed by atoms with Crippen LogP contribution in [0, 0.1) is 0 Å². The summed E-state index contributed by atoms with van der Waals surface area (Å²) in [4.78, 5) is 31.4. The summed E-state index contributed by atoms with van der Waals surface area (Å²) < 4.78 is 12.2. The SMILES string of the molecule is Brc1ccccn1.C[C@H](N)c1cccc(-c2ccccn2)c1.C[C@H](NC(=O)OC(C)(C)C)c1cccc(B(O)O)c1.C[C@H](NC(=O)OC(C)(C)C)c1cccc(Br)c1. The first-order chi connectivity index (χ1) is 27.1. The largest absolute Gasteiger partial charge is 0.488 e. The van der Waals surface area contributed by atoms with E-state index in [9.17, 15) is 9.59 Å². The first-order valence-corrected chi connectivity index (χ1v) is 20.3. The molecule has 310 valence electrons. The lowest BCUT2D eigenvalue weighted by Crippen LogP contribution is -2.35. The van der Waals surface area contributed by atoms with E-state index < -0.39 is 30.5 Å². The van der Waals surface area contributed by atoms with Gasteiger partial charge in [0.15, 0.2) is 0 Å². The first-order valence-electron chi connectivity index (χ1n) is 18.7. The summed E-state index contributed by atoms with van der Waals surface area (Å²) in [6.07, 6.45) is 2.64. The molecule has 11 nitrogen and oxygen atoms in total. The molecule has 2 heterocycles. The lowest BCUT2D eigenvalue weighted by molar-refractivity contribution is 0.0496. The second-order valence-corrected chi connectivity index (χ2v) is 16.8. The summed E-state index contributed by atoms with van der Waals surface area (Å²) in [5.41, 5.74) is 10.3. The number of carbonyl (C=O) groups is 2. The van der Waals surface area contributed by atoms with E-state index in [1.165, 1.54) is 0 Å². The minimum atomic E-state index is -1.52. The molecule has 0 aliphatic rings. The van der Waals surface area contributed by atoms with Crippen molar-refractivity contribution in [2.75, 3.05) is 0 Å². The zero-order valence-corrected chi connectivity index (χ0v) is 37.8. The molecule has 0 aliphatic carbocycles. The molecule has 0 radical (unpaired) electrons. The summed E-state index contributed by atoms with van der Waals surface area (Å²) >= 11 is 6.60. The average molecular weight is 922 g/mol. The molecule has 0 spiro atoms. The van der Waals surface area contributed by atoms with E-state index in [1.807, 2.05) is 113 Å². The number of nitrogens with two attached hydrogens (primary N) is 1. The van der Waals surface area contributed by atoms with Gasteiger partial charge in [-0.1, -0.05) is 82.7 Å². The highest BCUT2D eigenvalue weighted by atomic mass is 79.9. The molecule has 0 fully saturated rings. The van der Waals surface area contributed by atoms with Gasteiger partial charge in [-0.05, 0) is 143 Å². The lowest BCUT2D eigenvalue weighted by Gasteiger charge is -2.22. The van der Waals surface area contributed by atoms with Crippen LogP contribution < -0.4 is 21.8 Å². The van der Waals surface area contributed by atoms with Crippen LogP contribution in [0.3, 0.4) is 0 Å². The molecule has 3 aromatic carbocycles. The maximum Gasteiger partial charge on any atom is 0.488 e. The Bertz CT molecular complexity index is 1980. The number of carbonyl (C=O) groups excluding carboxylic acids is 2. The molecule has 3 atom stereocenters. The van der Waals surface area contributed by atoms with Crippen LogP contribution in [-0.4, -0.2) is 50.5 Å². The fraction of sp³-hybridized carbons (Fsp3) is 0.318. The minimum Gasteiger partial charge on any atom is -0.444 e. The monoisotopic (exact) mass is 919 g/mol. The van der Waals surface area contributed by atoms with Gasteiger partial charge in [0.05, 0.1) is 17.8 Å². The number of alkyl carbamates (subject to hydrolysis) is 2. The fourth-order valence-electron chi connectivity index (χ4n) is 4.76. The lowest BCUT2D eigenvalue weighted by atomic mass is 9.79. The number of hydrogen-bond donors (Lipinski definition) is 5. The summed E-state index contributed by atoms with van der Waals surface area (Å²) in [7, 11) is -1.52. The minimum absolute atomic E-state index is 0.0636. The van der Waals surface area contributed by atoms with Crippen LogP contribution in [-0.2, 0) is 9.47 Å². The van der Waals surface area contributed by atoms with Crippen LogP contribution in [0.25, 0.3) is 11.3 Å². The molecule has 0 saturated carbocycles. The van der Waals surface area contributed by atoms with Gasteiger partial charge >= 0.3 is 19.3 Å². The molecule has 0 aliphatic heterocycles. The van der Waals surface area contributed by atoms with Gasteiger partial charge in [-0.2, -0.15) is 0 Å². The maximum absolute atomic E-state index is 11.6. The van der Waals surface area contributed by atoms with E-state index in [1.54, 1.807) is 64.4 Å². The summed E-state index contributed by atoms with van der Waals surface area (Å²) in [5, 5.41) is 23.7. The normalized spacial score (nSPS) is 12.2. The van der Waals surface area contributed by atoms with E-state index in [4.69, 9.17) is 25.3 Å². The Balaban J connectivity index is 0.000000278. The molecule has 2 aromatic heterocycles. The zero-order valence-electron chi connectivity index (χ0n) is 34.6. The summed E-state index contributed by atoms with van der Waals surface area (Å²) in [6.45, 7) is 16.6. The molecule has 14 heteroatoms. The van der Waals surface area contributed by atoms with E-state index in [0.29, 0.717) is 5.46 Å². The van der Waals surface area contributed by atoms with Gasteiger partial charge in [0.1, 0.15) is 15.8 Å². The van der Waals surface area contributed by atoms with E-state index in [0.717, 1.165) is 37.0 Å². The van der Waals surface area contributed by atoms with Crippen LogP contribution in [0.1, 0.15) is 97.1 Å². The van der Waals surface area contributed by atoms with Gasteiger partial charge in [-0.3, -0.25) is 4.98 Å². The molecule has 2 amide bonds. The third-order valence-electron chi connectivity index (χ3n) is 7.53. The van der Waals surface area contributed by atoms with Gasteiger partial charge in [0, 0.05) is 28.5 Å². The number of rotatable bonds is 7. The fourth-order valence-corrected chi connectivity index (χ4v) is 5.44. The summed E-state index contributed by atoms with van der Waals surface area (Å²) in [5.74, 6) is 0. The van der Waals surface area contributed by atoms with Gasteiger partial charge in [0.2, 0.25) is 0 Å². The quantitative estimate of drug-likeness (QED) is 0.0789. The van der Waals surface area contributed by atoms with Crippen molar-refractivity contribution in [2.24, 2.45) is 5.73 Å². The number of hydrogen-bond acceptors (Lipinski definition) is 9. The number of ether oxygens (including phenoxy) is 2.